The Labute approximate surface area is 94.1 Å². The zero-order valence-corrected chi connectivity index (χ0v) is 9.62. The molecule has 0 aromatic carbocycles. The van der Waals surface area contributed by atoms with Crippen LogP contribution in [0.1, 0.15) is 13.8 Å². The molecule has 0 aromatic heterocycles. The lowest BCUT2D eigenvalue weighted by Crippen LogP contribution is -2.57. The minimum absolute atomic E-state index is 0.201. The monoisotopic (exact) mass is 234 g/mol. The van der Waals surface area contributed by atoms with Gasteiger partial charge in [0.15, 0.2) is 12.1 Å². The number of ether oxygens (including phenoxy) is 4. The molecular weight excluding hydrogens is 216 g/mol. The van der Waals surface area contributed by atoms with Gasteiger partial charge in [-0.2, -0.15) is 0 Å². The molecule has 2 N–H and O–H groups in total. The van der Waals surface area contributed by atoms with Crippen molar-refractivity contribution in [2.45, 2.75) is 50.3 Å². The van der Waals surface area contributed by atoms with E-state index in [1.165, 1.54) is 7.11 Å². The molecule has 6 heteroatoms. The van der Waals surface area contributed by atoms with E-state index >= 15 is 0 Å². The van der Waals surface area contributed by atoms with Crippen molar-refractivity contribution in [1.29, 1.82) is 0 Å². The number of hydrogen-bond acceptors (Lipinski definition) is 6. The van der Waals surface area contributed by atoms with Crippen LogP contribution in [0.15, 0.2) is 0 Å². The van der Waals surface area contributed by atoms with Crippen LogP contribution in [0, 0.1) is 0 Å². The van der Waals surface area contributed by atoms with Crippen LogP contribution in [-0.2, 0) is 18.9 Å². The second-order valence-corrected chi connectivity index (χ2v) is 4.52. The molecule has 2 aliphatic rings. The molecule has 2 heterocycles. The van der Waals surface area contributed by atoms with Crippen LogP contribution in [0.25, 0.3) is 0 Å². The summed E-state index contributed by atoms with van der Waals surface area (Å²) < 4.78 is 21.6. The second-order valence-electron chi connectivity index (χ2n) is 4.52. The lowest BCUT2D eigenvalue weighted by molar-refractivity contribution is -0.274. The number of aliphatic hydroxyl groups is 2. The largest absolute Gasteiger partial charge is 0.394 e. The fourth-order valence-corrected chi connectivity index (χ4v) is 2.20. The first kappa shape index (κ1) is 12.2. The molecule has 2 rings (SSSR count). The maximum atomic E-state index is 9.95. The Balaban J connectivity index is 2.18. The van der Waals surface area contributed by atoms with Crippen molar-refractivity contribution in [3.8, 4) is 0 Å². The van der Waals surface area contributed by atoms with Gasteiger partial charge in [0.2, 0.25) is 0 Å². The van der Waals surface area contributed by atoms with E-state index in [4.69, 9.17) is 18.9 Å². The predicted octanol–water partition coefficient (Wildman–Crippen LogP) is -0.769. The van der Waals surface area contributed by atoms with E-state index < -0.39 is 36.5 Å². The summed E-state index contributed by atoms with van der Waals surface area (Å²) in [5.74, 6) is -0.782. The Hall–Kier alpha value is -0.240. The highest BCUT2D eigenvalue weighted by Crippen LogP contribution is 2.37. The topological polar surface area (TPSA) is 77.4 Å². The van der Waals surface area contributed by atoms with Gasteiger partial charge in [-0.15, -0.1) is 0 Å². The molecule has 0 aromatic rings. The summed E-state index contributed by atoms with van der Waals surface area (Å²) >= 11 is 0. The Bertz CT molecular complexity index is 256. The average Bonchev–Trinajstić information content (AvgIpc) is 2.55. The summed E-state index contributed by atoms with van der Waals surface area (Å²) in [6.07, 6.45) is -3.26. The Kier molecular flexibility index (Phi) is 3.22. The van der Waals surface area contributed by atoms with Crippen molar-refractivity contribution < 1.29 is 29.2 Å². The van der Waals surface area contributed by atoms with Crippen LogP contribution in [0.5, 0.6) is 0 Å². The van der Waals surface area contributed by atoms with Crippen LogP contribution in [-0.4, -0.2) is 60.4 Å². The number of hydrogen-bond donors (Lipinski definition) is 2. The summed E-state index contributed by atoms with van der Waals surface area (Å²) in [6, 6.07) is 0. The average molecular weight is 234 g/mol. The molecule has 0 spiro atoms. The molecule has 2 fully saturated rings. The van der Waals surface area contributed by atoms with Crippen molar-refractivity contribution in [3.63, 3.8) is 0 Å². The van der Waals surface area contributed by atoms with Crippen LogP contribution < -0.4 is 0 Å². The molecule has 0 amide bonds. The maximum Gasteiger partial charge on any atom is 0.186 e. The van der Waals surface area contributed by atoms with Crippen molar-refractivity contribution in [2.75, 3.05) is 13.7 Å². The molecule has 0 unspecified atom stereocenters. The molecule has 6 nitrogen and oxygen atoms in total. The lowest BCUT2D eigenvalue weighted by Gasteiger charge is -2.38. The molecule has 2 aliphatic heterocycles. The van der Waals surface area contributed by atoms with E-state index in [1.807, 2.05) is 0 Å². The first-order valence-corrected chi connectivity index (χ1v) is 5.31. The number of fused-ring (bicyclic) bond motifs is 1. The van der Waals surface area contributed by atoms with Crippen molar-refractivity contribution in [1.82, 2.24) is 0 Å². The van der Waals surface area contributed by atoms with Gasteiger partial charge in [-0.05, 0) is 13.8 Å². The molecule has 2 saturated heterocycles. The molecule has 94 valence electrons. The molecule has 5 atom stereocenters. The summed E-state index contributed by atoms with van der Waals surface area (Å²) in [5.41, 5.74) is 0. The van der Waals surface area contributed by atoms with Crippen LogP contribution in [0.3, 0.4) is 0 Å². The first-order valence-electron chi connectivity index (χ1n) is 5.31. The third-order valence-corrected chi connectivity index (χ3v) is 2.87. The zero-order valence-electron chi connectivity index (χ0n) is 9.62. The third kappa shape index (κ3) is 1.97. The Morgan fingerprint density at radius 3 is 2.44 bits per heavy atom. The summed E-state index contributed by atoms with van der Waals surface area (Å²) in [7, 11) is 1.43. The van der Waals surface area contributed by atoms with E-state index in [1.54, 1.807) is 13.8 Å². The highest BCUT2D eigenvalue weighted by Gasteiger charge is 2.54. The second kappa shape index (κ2) is 4.21. The van der Waals surface area contributed by atoms with Crippen LogP contribution >= 0.6 is 0 Å². The van der Waals surface area contributed by atoms with Crippen molar-refractivity contribution in [2.24, 2.45) is 0 Å². The van der Waals surface area contributed by atoms with E-state index in [0.717, 1.165) is 0 Å². The fraction of sp³-hybridized carbons (Fsp3) is 1.00. The molecular formula is C10H18O6. The molecule has 0 aliphatic carbocycles. The van der Waals surface area contributed by atoms with E-state index in [9.17, 15) is 10.2 Å². The van der Waals surface area contributed by atoms with Gasteiger partial charge in [0, 0.05) is 7.11 Å². The molecule has 16 heavy (non-hydrogen) atoms. The molecule has 0 radical (unpaired) electrons. The van der Waals surface area contributed by atoms with Gasteiger partial charge in [-0.25, -0.2) is 0 Å². The normalized spacial score (nSPS) is 46.7. The van der Waals surface area contributed by atoms with Crippen molar-refractivity contribution >= 4 is 0 Å². The van der Waals surface area contributed by atoms with Gasteiger partial charge in [-0.3, -0.25) is 0 Å². The van der Waals surface area contributed by atoms with Gasteiger partial charge < -0.3 is 29.2 Å². The Morgan fingerprint density at radius 2 is 1.88 bits per heavy atom. The minimum Gasteiger partial charge on any atom is -0.394 e. The summed E-state index contributed by atoms with van der Waals surface area (Å²) in [6.45, 7) is 3.32. The molecule has 0 saturated carbocycles. The van der Waals surface area contributed by atoms with Crippen LogP contribution in [0.2, 0.25) is 0 Å². The lowest BCUT2D eigenvalue weighted by atomic mass is 9.99. The van der Waals surface area contributed by atoms with Gasteiger partial charge in [-0.1, -0.05) is 0 Å². The van der Waals surface area contributed by atoms with Gasteiger partial charge in [0.05, 0.1) is 6.61 Å². The van der Waals surface area contributed by atoms with Gasteiger partial charge in [0.25, 0.3) is 0 Å². The zero-order chi connectivity index (χ0) is 11.9. The fourth-order valence-electron chi connectivity index (χ4n) is 2.20. The third-order valence-electron chi connectivity index (χ3n) is 2.87. The smallest absolute Gasteiger partial charge is 0.186 e. The SMILES string of the molecule is CO[C@H]1O[C@H](CO)[C@@H]2OC(C)(C)O[C@H]2[C@@H]1O. The highest BCUT2D eigenvalue weighted by molar-refractivity contribution is 4.96. The van der Waals surface area contributed by atoms with Gasteiger partial charge in [0.1, 0.15) is 24.4 Å². The minimum atomic E-state index is -0.917. The number of aliphatic hydroxyl groups excluding tert-OH is 2. The standard InChI is InChI=1S/C10H18O6/c1-10(2)15-7-5(4-11)14-9(13-3)6(12)8(7)16-10/h5-9,11-12H,4H2,1-3H3/t5-,6+,7+,8+,9+/m1/s1. The van der Waals surface area contributed by atoms with E-state index in [2.05, 4.69) is 0 Å². The summed E-state index contributed by atoms with van der Waals surface area (Å²) in [4.78, 5) is 0. The van der Waals surface area contributed by atoms with E-state index in [0.29, 0.717) is 0 Å². The maximum absolute atomic E-state index is 9.95. The first-order chi connectivity index (χ1) is 7.48. The van der Waals surface area contributed by atoms with Crippen molar-refractivity contribution in [3.05, 3.63) is 0 Å². The summed E-state index contributed by atoms with van der Waals surface area (Å²) in [5, 5.41) is 19.2. The predicted molar refractivity (Wildman–Crippen MR) is 52.6 cm³/mol. The highest BCUT2D eigenvalue weighted by atomic mass is 16.8. The quantitative estimate of drug-likeness (QED) is 0.653. The van der Waals surface area contributed by atoms with Gasteiger partial charge >= 0.3 is 0 Å². The number of methoxy groups -OCH3 is 1. The molecule has 0 bridgehead atoms. The van der Waals surface area contributed by atoms with Crippen LogP contribution in [0.4, 0.5) is 0 Å². The Morgan fingerprint density at radius 1 is 1.25 bits per heavy atom. The number of rotatable bonds is 2. The van der Waals surface area contributed by atoms with E-state index in [-0.39, 0.29) is 6.61 Å².